The Balaban J connectivity index is 1.51. The minimum atomic E-state index is -0.703. The maximum atomic E-state index is 9.99. The van der Waals surface area contributed by atoms with Gasteiger partial charge in [0.25, 0.3) is 0 Å². The Labute approximate surface area is 177 Å². The first-order valence-electron chi connectivity index (χ1n) is 10.9. The van der Waals surface area contributed by atoms with Crippen molar-refractivity contribution in [3.63, 3.8) is 0 Å². The van der Waals surface area contributed by atoms with E-state index in [1.807, 2.05) is 0 Å². The van der Waals surface area contributed by atoms with Gasteiger partial charge in [-0.25, -0.2) is 9.97 Å². The zero-order valence-corrected chi connectivity index (χ0v) is 18.2. The van der Waals surface area contributed by atoms with Crippen molar-refractivity contribution in [1.82, 2.24) is 14.9 Å². The summed E-state index contributed by atoms with van der Waals surface area (Å²) in [4.78, 5) is 13.9. The van der Waals surface area contributed by atoms with Crippen LogP contribution in [0.1, 0.15) is 68.2 Å². The summed E-state index contributed by atoms with van der Waals surface area (Å²) in [6, 6.07) is 0.667. The van der Waals surface area contributed by atoms with Crippen LogP contribution in [-0.4, -0.2) is 51.8 Å². The smallest absolute Gasteiger partial charge is 0.225 e. The van der Waals surface area contributed by atoms with Gasteiger partial charge < -0.3 is 14.7 Å². The Bertz CT molecular complexity index is 882. The molecule has 0 bridgehead atoms. The van der Waals surface area contributed by atoms with Crippen molar-refractivity contribution in [2.45, 2.75) is 82.5 Å². The minimum absolute atomic E-state index is 0.214. The summed E-state index contributed by atoms with van der Waals surface area (Å²) in [6.45, 7) is 3.40. The van der Waals surface area contributed by atoms with Crippen molar-refractivity contribution in [3.05, 3.63) is 16.8 Å². The molecule has 156 valence electrons. The number of aryl methyl sites for hydroxylation is 1. The summed E-state index contributed by atoms with van der Waals surface area (Å²) in [7, 11) is 2.24. The van der Waals surface area contributed by atoms with Crippen LogP contribution < -0.4 is 4.74 Å². The molecule has 4 rings (SSSR count). The molecule has 0 aromatic carbocycles. The molecule has 0 radical (unpaired) electrons. The number of fused-ring (bicyclic) bond motifs is 3. The fourth-order valence-electron chi connectivity index (χ4n) is 5.00. The topological polar surface area (TPSA) is 58.5 Å². The van der Waals surface area contributed by atoms with Crippen LogP contribution in [0.4, 0.5) is 0 Å². The van der Waals surface area contributed by atoms with Crippen LogP contribution in [0, 0.1) is 12.3 Å². The van der Waals surface area contributed by atoms with Crippen LogP contribution in [-0.2, 0) is 6.42 Å². The van der Waals surface area contributed by atoms with Crippen molar-refractivity contribution >= 4 is 21.6 Å². The van der Waals surface area contributed by atoms with Crippen LogP contribution in [0.15, 0.2) is 6.33 Å². The highest BCUT2D eigenvalue weighted by Crippen LogP contribution is 2.47. The van der Waals surface area contributed by atoms with Gasteiger partial charge in [-0.1, -0.05) is 12.8 Å². The number of aliphatic hydroxyl groups is 1. The van der Waals surface area contributed by atoms with E-state index in [-0.39, 0.29) is 12.0 Å². The molecular weight excluding hydrogens is 382 g/mol. The second-order valence-corrected chi connectivity index (χ2v) is 9.56. The van der Waals surface area contributed by atoms with Gasteiger partial charge >= 0.3 is 0 Å². The average molecular weight is 414 g/mol. The second-order valence-electron chi connectivity index (χ2n) is 8.48. The number of aliphatic hydroxyl groups excluding tert-OH is 1. The SMILES string of the molecule is C#CC(O)C[C@H]1CCc2sc3ncnc(O[C@H]4CC[C@H](N(C)CCC)CC4)c3c21. The summed E-state index contributed by atoms with van der Waals surface area (Å²) in [6.07, 6.45) is 14.9. The van der Waals surface area contributed by atoms with Gasteiger partial charge in [0.2, 0.25) is 5.88 Å². The highest BCUT2D eigenvalue weighted by molar-refractivity contribution is 7.19. The molecule has 0 aliphatic heterocycles. The van der Waals surface area contributed by atoms with Gasteiger partial charge in [-0.3, -0.25) is 0 Å². The van der Waals surface area contributed by atoms with Gasteiger partial charge in [-0.15, -0.1) is 17.8 Å². The number of aromatic nitrogens is 2. The molecule has 1 N–H and O–H groups in total. The molecule has 6 heteroatoms. The molecular formula is C23H31N3O2S. The zero-order valence-electron chi connectivity index (χ0n) is 17.4. The van der Waals surface area contributed by atoms with Crippen LogP contribution in [0.2, 0.25) is 0 Å². The summed E-state index contributed by atoms with van der Waals surface area (Å²) in [5.74, 6) is 3.44. The summed E-state index contributed by atoms with van der Waals surface area (Å²) >= 11 is 1.74. The van der Waals surface area contributed by atoms with Crippen molar-refractivity contribution in [2.75, 3.05) is 13.6 Å². The van der Waals surface area contributed by atoms with E-state index in [4.69, 9.17) is 11.2 Å². The Hall–Kier alpha value is -1.68. The normalized spacial score (nSPS) is 25.1. The van der Waals surface area contributed by atoms with Crippen LogP contribution in [0.25, 0.3) is 10.2 Å². The van der Waals surface area contributed by atoms with E-state index in [1.54, 1.807) is 17.7 Å². The molecule has 2 aromatic rings. The number of hydrogen-bond donors (Lipinski definition) is 1. The van der Waals surface area contributed by atoms with Gasteiger partial charge in [0.05, 0.1) is 5.39 Å². The van der Waals surface area contributed by atoms with Gasteiger partial charge in [-0.2, -0.15) is 0 Å². The second kappa shape index (κ2) is 8.99. The summed E-state index contributed by atoms with van der Waals surface area (Å²) in [5.41, 5.74) is 1.27. The molecule has 1 saturated carbocycles. The fourth-order valence-corrected chi connectivity index (χ4v) is 6.23. The predicted molar refractivity (Wildman–Crippen MR) is 118 cm³/mol. The first-order chi connectivity index (χ1) is 14.1. The Morgan fingerprint density at radius 1 is 1.31 bits per heavy atom. The zero-order chi connectivity index (χ0) is 20.4. The van der Waals surface area contributed by atoms with Gasteiger partial charge in [-0.05, 0) is 76.4 Å². The third-order valence-electron chi connectivity index (χ3n) is 6.52. The first-order valence-corrected chi connectivity index (χ1v) is 11.7. The monoisotopic (exact) mass is 413 g/mol. The molecule has 2 atom stereocenters. The van der Waals surface area contributed by atoms with Crippen molar-refractivity contribution in [2.24, 2.45) is 0 Å². The number of hydrogen-bond acceptors (Lipinski definition) is 6. The molecule has 0 amide bonds. The van der Waals surface area contributed by atoms with Crippen LogP contribution >= 0.6 is 11.3 Å². The van der Waals surface area contributed by atoms with E-state index >= 15 is 0 Å². The average Bonchev–Trinajstić information content (AvgIpc) is 3.28. The molecule has 29 heavy (non-hydrogen) atoms. The maximum Gasteiger partial charge on any atom is 0.225 e. The lowest BCUT2D eigenvalue weighted by atomic mass is 9.92. The minimum Gasteiger partial charge on any atom is -0.474 e. The van der Waals surface area contributed by atoms with E-state index < -0.39 is 6.10 Å². The first kappa shape index (κ1) is 20.6. The van der Waals surface area contributed by atoms with Gasteiger partial charge in [0.1, 0.15) is 23.4 Å². The Morgan fingerprint density at radius 2 is 2.10 bits per heavy atom. The van der Waals surface area contributed by atoms with Crippen molar-refractivity contribution in [1.29, 1.82) is 0 Å². The highest BCUT2D eigenvalue weighted by atomic mass is 32.1. The van der Waals surface area contributed by atoms with Gasteiger partial charge in [0, 0.05) is 10.9 Å². The maximum absolute atomic E-state index is 9.99. The molecule has 2 aliphatic rings. The highest BCUT2D eigenvalue weighted by Gasteiger charge is 2.32. The number of ether oxygens (including phenoxy) is 1. The van der Waals surface area contributed by atoms with Crippen LogP contribution in [0.3, 0.4) is 0 Å². The van der Waals surface area contributed by atoms with Gasteiger partial charge in [0.15, 0.2) is 0 Å². The predicted octanol–water partition coefficient (Wildman–Crippen LogP) is 4.14. The lowest BCUT2D eigenvalue weighted by Crippen LogP contribution is -2.38. The van der Waals surface area contributed by atoms with Crippen molar-refractivity contribution in [3.8, 4) is 18.2 Å². The lowest BCUT2D eigenvalue weighted by molar-refractivity contribution is 0.0986. The quantitative estimate of drug-likeness (QED) is 0.692. The largest absolute Gasteiger partial charge is 0.474 e. The number of terminal acetylenes is 1. The fraction of sp³-hybridized carbons (Fsp3) is 0.652. The van der Waals surface area contributed by atoms with Crippen LogP contribution in [0.5, 0.6) is 5.88 Å². The number of rotatable bonds is 7. The van der Waals surface area contributed by atoms with E-state index in [2.05, 4.69) is 34.8 Å². The molecule has 2 heterocycles. The molecule has 0 spiro atoms. The molecule has 2 aromatic heterocycles. The summed E-state index contributed by atoms with van der Waals surface area (Å²) < 4.78 is 6.45. The molecule has 5 nitrogen and oxygen atoms in total. The Morgan fingerprint density at radius 3 is 2.83 bits per heavy atom. The number of thiophene rings is 1. The summed E-state index contributed by atoms with van der Waals surface area (Å²) in [5, 5.41) is 11.1. The van der Waals surface area contributed by atoms with E-state index in [0.29, 0.717) is 12.5 Å². The molecule has 1 unspecified atom stereocenters. The van der Waals surface area contributed by atoms with Crippen molar-refractivity contribution < 1.29 is 9.84 Å². The standard InChI is InChI=1S/C23H31N3O2S/c1-4-12-26(3)16-7-9-18(10-8-16)28-22-21-20-15(13-17(27)5-2)6-11-19(20)29-23(21)25-14-24-22/h2,14-18,27H,4,6-13H2,1,3H3/t15-,16-,17?,18-/m1/s1. The molecule has 0 saturated heterocycles. The molecule has 2 aliphatic carbocycles. The molecule has 1 fully saturated rings. The third-order valence-corrected chi connectivity index (χ3v) is 7.69. The van der Waals surface area contributed by atoms with E-state index in [1.165, 1.54) is 29.7 Å². The number of nitrogens with zero attached hydrogens (tertiary/aromatic N) is 3. The lowest BCUT2D eigenvalue weighted by Gasteiger charge is -2.34. The third kappa shape index (κ3) is 4.28. The van der Waals surface area contributed by atoms with E-state index in [9.17, 15) is 5.11 Å². The Kier molecular flexibility index (Phi) is 6.38. The van der Waals surface area contributed by atoms with E-state index in [0.717, 1.165) is 48.3 Å².